The molecule has 0 aliphatic rings. The lowest BCUT2D eigenvalue weighted by molar-refractivity contribution is 0.0984. The third-order valence-electron chi connectivity index (χ3n) is 2.45. The second kappa shape index (κ2) is 7.71. The van der Waals surface area contributed by atoms with E-state index in [1.807, 2.05) is 13.8 Å². The highest BCUT2D eigenvalue weighted by Crippen LogP contribution is 2.08. The molecular formula is C14H22FNO3S. The highest BCUT2D eigenvalue weighted by atomic mass is 32.2. The normalized spacial score (nSPS) is 13.7. The number of benzene rings is 1. The molecule has 1 atom stereocenters. The Morgan fingerprint density at radius 3 is 2.55 bits per heavy atom. The predicted octanol–water partition coefficient (Wildman–Crippen LogP) is 2.31. The summed E-state index contributed by atoms with van der Waals surface area (Å²) in [6, 6.07) is 5.27. The summed E-state index contributed by atoms with van der Waals surface area (Å²) in [6.07, 6.45) is 0. The van der Waals surface area contributed by atoms with Crippen LogP contribution in [0.5, 0.6) is 0 Å². The maximum Gasteiger partial charge on any atom is 0.216 e. The highest BCUT2D eigenvalue weighted by Gasteiger charge is 2.15. The number of hydrogen-bond donors (Lipinski definition) is 1. The Balaban J connectivity index is 2.48. The van der Waals surface area contributed by atoms with E-state index in [-0.39, 0.29) is 11.8 Å². The fourth-order valence-corrected chi connectivity index (χ4v) is 3.09. The van der Waals surface area contributed by atoms with Crippen molar-refractivity contribution in [2.75, 3.05) is 13.2 Å². The van der Waals surface area contributed by atoms with Crippen molar-refractivity contribution in [3.63, 3.8) is 0 Å². The van der Waals surface area contributed by atoms with E-state index in [0.717, 1.165) is 0 Å². The zero-order valence-corrected chi connectivity index (χ0v) is 12.9. The Labute approximate surface area is 120 Å². The monoisotopic (exact) mass is 303 g/mol. The molecule has 0 bridgehead atoms. The third kappa shape index (κ3) is 6.98. The van der Waals surface area contributed by atoms with Gasteiger partial charge < -0.3 is 4.74 Å². The number of hydrogen-bond acceptors (Lipinski definition) is 3. The van der Waals surface area contributed by atoms with Crippen LogP contribution in [0.1, 0.15) is 26.3 Å². The van der Waals surface area contributed by atoms with E-state index in [1.165, 1.54) is 18.2 Å². The zero-order chi connectivity index (χ0) is 15.2. The minimum Gasteiger partial charge on any atom is -0.380 e. The smallest absolute Gasteiger partial charge is 0.216 e. The van der Waals surface area contributed by atoms with Crippen molar-refractivity contribution >= 4 is 10.0 Å². The quantitative estimate of drug-likeness (QED) is 0.802. The van der Waals surface area contributed by atoms with E-state index in [4.69, 9.17) is 4.74 Å². The molecule has 1 aromatic carbocycles. The van der Waals surface area contributed by atoms with Gasteiger partial charge in [-0.25, -0.2) is 17.5 Å². The van der Waals surface area contributed by atoms with Crippen molar-refractivity contribution < 1.29 is 17.5 Å². The number of sulfonamides is 1. The molecule has 0 heterocycles. The standard InChI is InChI=1S/C14H22FNO3S/c1-11(2)8-19-9-12(3)16-20(17,18)10-13-5-4-6-14(15)7-13/h4-7,11-12,16H,8-10H2,1-3H3. The molecule has 1 rings (SSSR count). The number of rotatable bonds is 8. The van der Waals surface area contributed by atoms with Crippen molar-refractivity contribution in [2.45, 2.75) is 32.6 Å². The van der Waals surface area contributed by atoms with Gasteiger partial charge in [0.15, 0.2) is 0 Å². The molecule has 1 N–H and O–H groups in total. The summed E-state index contributed by atoms with van der Waals surface area (Å²) in [5.41, 5.74) is 0.424. The van der Waals surface area contributed by atoms with Crippen LogP contribution in [0.15, 0.2) is 24.3 Å². The van der Waals surface area contributed by atoms with Crippen LogP contribution in [0.3, 0.4) is 0 Å². The van der Waals surface area contributed by atoms with Crippen LogP contribution in [-0.4, -0.2) is 27.7 Å². The predicted molar refractivity (Wildman–Crippen MR) is 77.3 cm³/mol. The molecule has 0 amide bonds. The van der Waals surface area contributed by atoms with E-state index in [9.17, 15) is 12.8 Å². The average Bonchev–Trinajstić information content (AvgIpc) is 2.26. The summed E-state index contributed by atoms with van der Waals surface area (Å²) in [7, 11) is -3.50. The van der Waals surface area contributed by atoms with Crippen LogP contribution in [-0.2, 0) is 20.5 Å². The van der Waals surface area contributed by atoms with Crippen LogP contribution in [0.4, 0.5) is 4.39 Å². The second-order valence-electron chi connectivity index (χ2n) is 5.34. The van der Waals surface area contributed by atoms with Gasteiger partial charge in [-0.1, -0.05) is 26.0 Å². The first-order valence-electron chi connectivity index (χ1n) is 6.60. The molecule has 0 aromatic heterocycles. The molecule has 1 unspecified atom stereocenters. The molecular weight excluding hydrogens is 281 g/mol. The van der Waals surface area contributed by atoms with Gasteiger partial charge in [-0.15, -0.1) is 0 Å². The lowest BCUT2D eigenvalue weighted by atomic mass is 10.2. The van der Waals surface area contributed by atoms with Crippen LogP contribution in [0.25, 0.3) is 0 Å². The Bertz CT molecular complexity index is 517. The molecule has 114 valence electrons. The molecule has 0 fully saturated rings. The molecule has 1 aromatic rings. The third-order valence-corrected chi connectivity index (χ3v) is 3.92. The van der Waals surface area contributed by atoms with Gasteiger partial charge in [-0.3, -0.25) is 0 Å². The molecule has 0 spiro atoms. The summed E-state index contributed by atoms with van der Waals surface area (Å²) < 4.78 is 44.8. The maximum absolute atomic E-state index is 13.0. The fraction of sp³-hybridized carbons (Fsp3) is 0.571. The molecule has 0 saturated carbocycles. The van der Waals surface area contributed by atoms with Gasteiger partial charge >= 0.3 is 0 Å². The van der Waals surface area contributed by atoms with Crippen LogP contribution in [0, 0.1) is 11.7 Å². The van der Waals surface area contributed by atoms with Crippen molar-refractivity contribution in [3.05, 3.63) is 35.6 Å². The van der Waals surface area contributed by atoms with Gasteiger partial charge in [-0.05, 0) is 30.5 Å². The average molecular weight is 303 g/mol. The van der Waals surface area contributed by atoms with E-state index in [2.05, 4.69) is 4.72 Å². The van der Waals surface area contributed by atoms with Crippen molar-refractivity contribution in [1.82, 2.24) is 4.72 Å². The molecule has 0 aliphatic heterocycles. The van der Waals surface area contributed by atoms with E-state index in [1.54, 1.807) is 13.0 Å². The number of halogens is 1. The minimum atomic E-state index is -3.50. The lowest BCUT2D eigenvalue weighted by Crippen LogP contribution is -2.36. The summed E-state index contributed by atoms with van der Waals surface area (Å²) >= 11 is 0. The Hall–Kier alpha value is -0.980. The molecule has 0 radical (unpaired) electrons. The summed E-state index contributed by atoms with van der Waals surface area (Å²) in [5, 5.41) is 0. The first-order valence-corrected chi connectivity index (χ1v) is 8.26. The molecule has 0 aliphatic carbocycles. The fourth-order valence-electron chi connectivity index (χ4n) is 1.71. The Morgan fingerprint density at radius 2 is 1.95 bits per heavy atom. The van der Waals surface area contributed by atoms with Crippen LogP contribution >= 0.6 is 0 Å². The largest absolute Gasteiger partial charge is 0.380 e. The van der Waals surface area contributed by atoms with Gasteiger partial charge in [0.2, 0.25) is 10.0 Å². The van der Waals surface area contributed by atoms with Crippen molar-refractivity contribution in [3.8, 4) is 0 Å². The lowest BCUT2D eigenvalue weighted by Gasteiger charge is -2.15. The van der Waals surface area contributed by atoms with E-state index >= 15 is 0 Å². The van der Waals surface area contributed by atoms with E-state index < -0.39 is 15.8 Å². The number of ether oxygens (including phenoxy) is 1. The topological polar surface area (TPSA) is 55.4 Å². The highest BCUT2D eigenvalue weighted by molar-refractivity contribution is 7.88. The zero-order valence-electron chi connectivity index (χ0n) is 12.1. The van der Waals surface area contributed by atoms with Gasteiger partial charge in [0.1, 0.15) is 5.82 Å². The maximum atomic E-state index is 13.0. The molecule has 20 heavy (non-hydrogen) atoms. The Morgan fingerprint density at radius 1 is 1.25 bits per heavy atom. The summed E-state index contributed by atoms with van der Waals surface area (Å²) in [5.74, 6) is -0.267. The van der Waals surface area contributed by atoms with Crippen molar-refractivity contribution in [1.29, 1.82) is 0 Å². The molecule has 6 heteroatoms. The van der Waals surface area contributed by atoms with Crippen LogP contribution in [0.2, 0.25) is 0 Å². The second-order valence-corrected chi connectivity index (χ2v) is 7.09. The minimum absolute atomic E-state index is 0.237. The first-order chi connectivity index (χ1) is 9.28. The SMILES string of the molecule is CC(C)COCC(C)NS(=O)(=O)Cc1cccc(F)c1. The van der Waals surface area contributed by atoms with Gasteiger partial charge in [0.25, 0.3) is 0 Å². The molecule has 0 saturated heterocycles. The Kier molecular flexibility index (Phi) is 6.58. The summed E-state index contributed by atoms with van der Waals surface area (Å²) in [6.45, 7) is 6.71. The van der Waals surface area contributed by atoms with E-state index in [0.29, 0.717) is 24.7 Å². The van der Waals surface area contributed by atoms with Crippen LogP contribution < -0.4 is 4.72 Å². The summed E-state index contributed by atoms with van der Waals surface area (Å²) in [4.78, 5) is 0. The first kappa shape index (κ1) is 17.1. The van der Waals surface area contributed by atoms with Crippen molar-refractivity contribution in [2.24, 2.45) is 5.92 Å². The number of nitrogens with one attached hydrogen (secondary N) is 1. The van der Waals surface area contributed by atoms with Gasteiger partial charge in [0.05, 0.1) is 12.4 Å². The molecule has 4 nitrogen and oxygen atoms in total. The van der Waals surface area contributed by atoms with Gasteiger partial charge in [0, 0.05) is 12.6 Å². The van der Waals surface area contributed by atoms with Gasteiger partial charge in [-0.2, -0.15) is 0 Å².